The van der Waals surface area contributed by atoms with E-state index in [0.29, 0.717) is 6.04 Å². The second-order valence-corrected chi connectivity index (χ2v) is 4.49. The molecule has 0 aromatic carbocycles. The highest BCUT2D eigenvalue weighted by Crippen LogP contribution is 2.10. The number of hydrogen-bond donors (Lipinski definition) is 1. The molecule has 0 radical (unpaired) electrons. The Morgan fingerprint density at radius 1 is 1.43 bits per heavy atom. The summed E-state index contributed by atoms with van der Waals surface area (Å²) in [4.78, 5) is 5.07. The van der Waals surface area contributed by atoms with E-state index in [1.807, 2.05) is 7.05 Å². The lowest BCUT2D eigenvalue weighted by molar-refractivity contribution is 0.0880. The molecular weight excluding hydrogens is 174 g/mol. The molecule has 0 aromatic rings. The molecule has 1 heterocycles. The van der Waals surface area contributed by atoms with Gasteiger partial charge >= 0.3 is 0 Å². The predicted octanol–water partition coefficient (Wildman–Crippen LogP) is 0.620. The monoisotopic (exact) mass is 199 g/mol. The molecule has 0 amide bonds. The fourth-order valence-corrected chi connectivity index (χ4v) is 2.10. The number of rotatable bonds is 4. The van der Waals surface area contributed by atoms with Gasteiger partial charge in [-0.05, 0) is 27.4 Å². The fraction of sp³-hybridized carbons (Fsp3) is 1.00. The molecule has 3 heteroatoms. The average Bonchev–Trinajstić information content (AvgIpc) is 2.20. The highest BCUT2D eigenvalue weighted by molar-refractivity contribution is 4.80. The minimum atomic E-state index is 0.607. The van der Waals surface area contributed by atoms with Gasteiger partial charge in [0.1, 0.15) is 0 Å². The largest absolute Gasteiger partial charge is 0.316 e. The molecule has 3 nitrogen and oxygen atoms in total. The van der Waals surface area contributed by atoms with Crippen molar-refractivity contribution in [3.05, 3.63) is 0 Å². The van der Waals surface area contributed by atoms with Gasteiger partial charge in [0.05, 0.1) is 0 Å². The summed E-state index contributed by atoms with van der Waals surface area (Å²) in [5.74, 6) is 0. The predicted molar refractivity (Wildman–Crippen MR) is 61.7 cm³/mol. The van der Waals surface area contributed by atoms with Crippen molar-refractivity contribution in [2.75, 3.05) is 40.3 Å². The molecule has 1 saturated heterocycles. The van der Waals surface area contributed by atoms with Gasteiger partial charge in [-0.15, -0.1) is 0 Å². The molecule has 1 N–H and O–H groups in total. The van der Waals surface area contributed by atoms with Gasteiger partial charge in [0, 0.05) is 38.3 Å². The molecule has 2 atom stereocenters. The van der Waals surface area contributed by atoms with Crippen molar-refractivity contribution in [2.24, 2.45) is 0 Å². The molecule has 1 aliphatic heterocycles. The lowest BCUT2D eigenvalue weighted by Crippen LogP contribution is -2.53. The zero-order valence-electron chi connectivity index (χ0n) is 10.1. The molecule has 0 bridgehead atoms. The number of hydrogen-bond acceptors (Lipinski definition) is 3. The number of piperazine rings is 1. The second-order valence-electron chi connectivity index (χ2n) is 4.49. The number of nitrogens with zero attached hydrogens (tertiary/aromatic N) is 2. The van der Waals surface area contributed by atoms with E-state index < -0.39 is 0 Å². The number of nitrogens with one attached hydrogen (secondary N) is 1. The molecule has 0 saturated carbocycles. The van der Waals surface area contributed by atoms with E-state index in [1.165, 1.54) is 32.6 Å². The van der Waals surface area contributed by atoms with Gasteiger partial charge in [-0.3, -0.25) is 4.90 Å². The van der Waals surface area contributed by atoms with Crippen molar-refractivity contribution in [3.8, 4) is 0 Å². The molecule has 1 fully saturated rings. The van der Waals surface area contributed by atoms with E-state index in [-0.39, 0.29) is 0 Å². The van der Waals surface area contributed by atoms with Crippen LogP contribution in [0.2, 0.25) is 0 Å². The zero-order chi connectivity index (χ0) is 10.6. The van der Waals surface area contributed by atoms with Crippen LogP contribution in [0.3, 0.4) is 0 Å². The summed E-state index contributed by atoms with van der Waals surface area (Å²) in [5, 5.41) is 3.30. The first-order valence-corrected chi connectivity index (χ1v) is 5.77. The smallest absolute Gasteiger partial charge is 0.0218 e. The Hall–Kier alpha value is -0.120. The van der Waals surface area contributed by atoms with E-state index in [2.05, 4.69) is 36.0 Å². The van der Waals surface area contributed by atoms with Gasteiger partial charge < -0.3 is 10.2 Å². The van der Waals surface area contributed by atoms with Crippen LogP contribution in [0.25, 0.3) is 0 Å². The van der Waals surface area contributed by atoms with Crippen LogP contribution in [-0.4, -0.2) is 62.2 Å². The van der Waals surface area contributed by atoms with Crippen LogP contribution < -0.4 is 5.32 Å². The summed E-state index contributed by atoms with van der Waals surface area (Å²) in [5.41, 5.74) is 0. The first kappa shape index (κ1) is 12.0. The van der Waals surface area contributed by atoms with Crippen LogP contribution in [0.1, 0.15) is 20.3 Å². The van der Waals surface area contributed by atoms with E-state index in [0.717, 1.165) is 6.04 Å². The van der Waals surface area contributed by atoms with Crippen molar-refractivity contribution in [1.82, 2.24) is 15.1 Å². The van der Waals surface area contributed by atoms with Crippen LogP contribution in [-0.2, 0) is 0 Å². The summed E-state index contributed by atoms with van der Waals surface area (Å²) < 4.78 is 0. The summed E-state index contributed by atoms with van der Waals surface area (Å²) in [6, 6.07) is 1.36. The molecule has 2 unspecified atom stereocenters. The van der Waals surface area contributed by atoms with E-state index >= 15 is 0 Å². The van der Waals surface area contributed by atoms with Crippen LogP contribution in [0, 0.1) is 0 Å². The zero-order valence-corrected chi connectivity index (χ0v) is 10.1. The second kappa shape index (κ2) is 5.69. The maximum atomic E-state index is 3.30. The first-order chi connectivity index (χ1) is 6.67. The maximum Gasteiger partial charge on any atom is 0.0218 e. The van der Waals surface area contributed by atoms with Gasteiger partial charge in [-0.2, -0.15) is 0 Å². The minimum absolute atomic E-state index is 0.607. The van der Waals surface area contributed by atoms with Crippen LogP contribution >= 0.6 is 0 Å². The average molecular weight is 199 g/mol. The fourth-order valence-electron chi connectivity index (χ4n) is 2.10. The van der Waals surface area contributed by atoms with E-state index in [1.54, 1.807) is 0 Å². The molecule has 84 valence electrons. The third-order valence-electron chi connectivity index (χ3n) is 3.36. The van der Waals surface area contributed by atoms with Crippen LogP contribution in [0.5, 0.6) is 0 Å². The first-order valence-electron chi connectivity index (χ1n) is 5.77. The van der Waals surface area contributed by atoms with E-state index in [9.17, 15) is 0 Å². The summed E-state index contributed by atoms with van der Waals surface area (Å²) >= 11 is 0. The number of likely N-dealkylation sites (N-methyl/N-ethyl adjacent to an activating group) is 2. The van der Waals surface area contributed by atoms with Crippen LogP contribution in [0.4, 0.5) is 0 Å². The quantitative estimate of drug-likeness (QED) is 0.716. The Kier molecular flexibility index (Phi) is 4.85. The third-order valence-corrected chi connectivity index (χ3v) is 3.36. The molecule has 14 heavy (non-hydrogen) atoms. The minimum Gasteiger partial charge on any atom is -0.316 e. The Labute approximate surface area is 88.5 Å². The lowest BCUT2D eigenvalue weighted by atomic mass is 10.1. The molecule has 1 rings (SSSR count). The summed E-state index contributed by atoms with van der Waals surface area (Å²) in [6.07, 6.45) is 1.26. The molecule has 0 aromatic heterocycles. The Morgan fingerprint density at radius 2 is 2.14 bits per heavy atom. The summed E-state index contributed by atoms with van der Waals surface area (Å²) in [7, 11) is 4.28. The van der Waals surface area contributed by atoms with Crippen LogP contribution in [0.15, 0.2) is 0 Å². The maximum absolute atomic E-state index is 3.30. The highest BCUT2D eigenvalue weighted by atomic mass is 15.3. The van der Waals surface area contributed by atoms with Gasteiger partial charge in [-0.1, -0.05) is 6.92 Å². The van der Waals surface area contributed by atoms with Gasteiger partial charge in [0.15, 0.2) is 0 Å². The van der Waals surface area contributed by atoms with E-state index in [4.69, 9.17) is 0 Å². The highest BCUT2D eigenvalue weighted by Gasteiger charge is 2.23. The normalized spacial score (nSPS) is 27.9. The SMILES string of the molecule is CCC1CN(CC(C)NC)CCN1C. The summed E-state index contributed by atoms with van der Waals surface area (Å²) in [6.45, 7) is 9.39. The topological polar surface area (TPSA) is 18.5 Å². The van der Waals surface area contributed by atoms with Crippen molar-refractivity contribution in [3.63, 3.8) is 0 Å². The standard InChI is InChI=1S/C11H25N3/c1-5-11-9-14(7-6-13(11)4)8-10(2)12-3/h10-12H,5-9H2,1-4H3. The van der Waals surface area contributed by atoms with Crippen molar-refractivity contribution in [1.29, 1.82) is 0 Å². The van der Waals surface area contributed by atoms with Gasteiger partial charge in [-0.25, -0.2) is 0 Å². The molecular formula is C11H25N3. The van der Waals surface area contributed by atoms with Gasteiger partial charge in [0.2, 0.25) is 0 Å². The van der Waals surface area contributed by atoms with Crippen molar-refractivity contribution >= 4 is 0 Å². The van der Waals surface area contributed by atoms with Gasteiger partial charge in [0.25, 0.3) is 0 Å². The van der Waals surface area contributed by atoms with Crippen molar-refractivity contribution < 1.29 is 0 Å². The van der Waals surface area contributed by atoms with Crippen molar-refractivity contribution in [2.45, 2.75) is 32.4 Å². The molecule has 1 aliphatic rings. The Balaban J connectivity index is 2.34. The molecule has 0 aliphatic carbocycles. The lowest BCUT2D eigenvalue weighted by Gasteiger charge is -2.40. The molecule has 0 spiro atoms. The Bertz CT molecular complexity index is 161. The Morgan fingerprint density at radius 3 is 2.71 bits per heavy atom. The third kappa shape index (κ3) is 3.23.